The predicted octanol–water partition coefficient (Wildman–Crippen LogP) is 3.73. The largest absolute Gasteiger partial charge is 0.401 e. The predicted molar refractivity (Wildman–Crippen MR) is 163 cm³/mol. The maximum absolute atomic E-state index is 14.3. The van der Waals surface area contributed by atoms with Gasteiger partial charge in [0.1, 0.15) is 11.6 Å². The Bertz CT molecular complexity index is 1490. The molecule has 0 saturated carbocycles. The van der Waals surface area contributed by atoms with Gasteiger partial charge in [-0.3, -0.25) is 9.69 Å². The van der Waals surface area contributed by atoms with Crippen LogP contribution in [0, 0.1) is 17.1 Å². The van der Waals surface area contributed by atoms with Crippen molar-refractivity contribution in [2.45, 2.75) is 62.8 Å². The Kier molecular flexibility index (Phi) is 8.61. The number of carbonyl (C=O) groups is 1. The fraction of sp³-hybridized carbons (Fsp3) is 0.562. The van der Waals surface area contributed by atoms with Crippen LogP contribution in [-0.2, 0) is 24.1 Å². The molecule has 240 valence electrons. The van der Waals surface area contributed by atoms with Gasteiger partial charge in [0.05, 0.1) is 30.8 Å². The van der Waals surface area contributed by atoms with Gasteiger partial charge in [0.15, 0.2) is 0 Å². The highest BCUT2D eigenvalue weighted by Crippen LogP contribution is 2.38. The van der Waals surface area contributed by atoms with Crippen LogP contribution in [0.4, 0.5) is 35.0 Å². The summed E-state index contributed by atoms with van der Waals surface area (Å²) in [5.41, 5.74) is 3.99. The van der Waals surface area contributed by atoms with Crippen LogP contribution in [0.1, 0.15) is 36.1 Å². The third-order valence-electron chi connectivity index (χ3n) is 9.62. The van der Waals surface area contributed by atoms with Crippen LogP contribution >= 0.6 is 0 Å². The quantitative estimate of drug-likeness (QED) is 0.340. The molecule has 2 fully saturated rings. The van der Waals surface area contributed by atoms with E-state index in [1.165, 1.54) is 24.1 Å². The van der Waals surface area contributed by atoms with Crippen LogP contribution in [0.15, 0.2) is 30.9 Å². The number of fused-ring (bicyclic) bond motifs is 2. The molecule has 2 aromatic rings. The van der Waals surface area contributed by atoms with Crippen molar-refractivity contribution in [2.75, 3.05) is 67.6 Å². The zero-order valence-corrected chi connectivity index (χ0v) is 25.4. The summed E-state index contributed by atoms with van der Waals surface area (Å²) < 4.78 is 53.4. The molecule has 1 aliphatic carbocycles. The van der Waals surface area contributed by atoms with Crippen LogP contribution in [-0.4, -0.2) is 103 Å². The average molecular weight is 627 g/mol. The number of carbonyl (C=O) groups excluding carboxylic acids is 1. The molecule has 1 amide bonds. The van der Waals surface area contributed by atoms with E-state index < -0.39 is 12.7 Å². The highest BCUT2D eigenvalue weighted by Gasteiger charge is 2.40. The molecule has 0 radical (unpaired) electrons. The van der Waals surface area contributed by atoms with Crippen molar-refractivity contribution < 1.29 is 22.4 Å². The minimum absolute atomic E-state index is 0.115. The molecule has 0 bridgehead atoms. The smallest absolute Gasteiger partial charge is 0.368 e. The SMILES string of the molecule is C=CC(=O)N1CCN(c2nc(N3CC(N(C)CC(F)(F)F)C3)nc3c2CCC(N2CCCc4ccc(F)cc42)C3)CC1CC#N. The topological polar surface area (TPSA) is 82.8 Å². The summed E-state index contributed by atoms with van der Waals surface area (Å²) >= 11 is 0. The maximum atomic E-state index is 14.3. The van der Waals surface area contributed by atoms with Crippen molar-refractivity contribution in [3.63, 3.8) is 0 Å². The number of benzene rings is 1. The molecule has 6 rings (SSSR count). The third kappa shape index (κ3) is 6.43. The van der Waals surface area contributed by atoms with E-state index in [1.807, 2.05) is 11.0 Å². The molecule has 4 aliphatic rings. The molecule has 9 nitrogen and oxygen atoms in total. The first-order valence-electron chi connectivity index (χ1n) is 15.6. The normalized spacial score (nSPS) is 22.1. The number of piperazine rings is 1. The number of hydrogen-bond acceptors (Lipinski definition) is 8. The Labute approximate surface area is 260 Å². The summed E-state index contributed by atoms with van der Waals surface area (Å²) in [6.45, 7) is 5.58. The van der Waals surface area contributed by atoms with Crippen molar-refractivity contribution in [3.05, 3.63) is 53.5 Å². The molecule has 45 heavy (non-hydrogen) atoms. The molecule has 1 aromatic heterocycles. The molecular weight excluding hydrogens is 588 g/mol. The van der Waals surface area contributed by atoms with Gasteiger partial charge in [-0.2, -0.15) is 23.4 Å². The second-order valence-electron chi connectivity index (χ2n) is 12.5. The first-order chi connectivity index (χ1) is 21.5. The average Bonchev–Trinajstić information content (AvgIpc) is 2.98. The number of aryl methyl sites for hydroxylation is 1. The van der Waals surface area contributed by atoms with E-state index in [-0.39, 0.29) is 36.3 Å². The van der Waals surface area contributed by atoms with Crippen molar-refractivity contribution in [2.24, 2.45) is 0 Å². The third-order valence-corrected chi connectivity index (χ3v) is 9.62. The van der Waals surface area contributed by atoms with Crippen molar-refractivity contribution in [1.82, 2.24) is 19.8 Å². The highest BCUT2D eigenvalue weighted by molar-refractivity contribution is 5.87. The van der Waals surface area contributed by atoms with Gasteiger partial charge in [-0.05, 0) is 56.5 Å². The molecule has 4 heterocycles. The van der Waals surface area contributed by atoms with Gasteiger partial charge in [-0.25, -0.2) is 9.37 Å². The van der Waals surface area contributed by atoms with E-state index >= 15 is 0 Å². The molecule has 3 aliphatic heterocycles. The summed E-state index contributed by atoms with van der Waals surface area (Å²) in [6, 6.07) is 6.73. The van der Waals surface area contributed by atoms with Gasteiger partial charge in [-0.1, -0.05) is 12.6 Å². The van der Waals surface area contributed by atoms with Gasteiger partial charge in [-0.15, -0.1) is 0 Å². The fourth-order valence-corrected chi connectivity index (χ4v) is 7.23. The Balaban J connectivity index is 1.30. The van der Waals surface area contributed by atoms with Crippen molar-refractivity contribution in [3.8, 4) is 6.07 Å². The molecule has 0 spiro atoms. The van der Waals surface area contributed by atoms with Crippen molar-refractivity contribution in [1.29, 1.82) is 5.26 Å². The van der Waals surface area contributed by atoms with E-state index in [0.717, 1.165) is 54.1 Å². The Hall–Kier alpha value is -3.92. The number of nitrogens with zero attached hydrogens (tertiary/aromatic N) is 8. The molecule has 2 saturated heterocycles. The van der Waals surface area contributed by atoms with E-state index in [1.54, 1.807) is 11.0 Å². The van der Waals surface area contributed by atoms with Crippen LogP contribution in [0.3, 0.4) is 0 Å². The molecular formula is C32H38F4N8O. The summed E-state index contributed by atoms with van der Waals surface area (Å²) in [7, 11) is 1.48. The van der Waals surface area contributed by atoms with Crippen LogP contribution in [0.2, 0.25) is 0 Å². The number of rotatable bonds is 7. The van der Waals surface area contributed by atoms with Crippen LogP contribution < -0.4 is 14.7 Å². The Morgan fingerprint density at radius 2 is 1.96 bits per heavy atom. The lowest BCUT2D eigenvalue weighted by atomic mass is 9.88. The van der Waals surface area contributed by atoms with Gasteiger partial charge < -0.3 is 19.6 Å². The first kappa shape index (κ1) is 31.1. The van der Waals surface area contributed by atoms with Gasteiger partial charge in [0.25, 0.3) is 0 Å². The number of hydrogen-bond donors (Lipinski definition) is 0. The number of likely N-dealkylation sites (N-methyl/N-ethyl adjacent to an activating group) is 1. The number of amides is 1. The number of nitriles is 1. The van der Waals surface area contributed by atoms with Crippen molar-refractivity contribution >= 4 is 23.4 Å². The van der Waals surface area contributed by atoms with Crippen LogP contribution in [0.25, 0.3) is 0 Å². The van der Waals surface area contributed by atoms with Gasteiger partial charge in [0.2, 0.25) is 11.9 Å². The van der Waals surface area contributed by atoms with E-state index in [2.05, 4.69) is 22.4 Å². The molecule has 2 unspecified atom stereocenters. The molecule has 2 atom stereocenters. The van der Waals surface area contributed by atoms with E-state index in [9.17, 15) is 27.6 Å². The molecule has 1 aromatic carbocycles. The van der Waals surface area contributed by atoms with Gasteiger partial charge in [0, 0.05) is 69.0 Å². The van der Waals surface area contributed by atoms with Gasteiger partial charge >= 0.3 is 6.18 Å². The minimum atomic E-state index is -4.27. The summed E-state index contributed by atoms with van der Waals surface area (Å²) in [5.74, 6) is 0.774. The second kappa shape index (κ2) is 12.5. The monoisotopic (exact) mass is 626 g/mol. The summed E-state index contributed by atoms with van der Waals surface area (Å²) in [5, 5.41) is 9.51. The zero-order valence-electron chi connectivity index (χ0n) is 25.4. The molecule has 13 heteroatoms. The Morgan fingerprint density at radius 3 is 2.69 bits per heavy atom. The number of alkyl halides is 3. The van der Waals surface area contributed by atoms with Crippen LogP contribution in [0.5, 0.6) is 0 Å². The first-order valence-corrected chi connectivity index (χ1v) is 15.6. The lowest BCUT2D eigenvalue weighted by molar-refractivity contribution is -0.148. The highest BCUT2D eigenvalue weighted by atomic mass is 19.4. The maximum Gasteiger partial charge on any atom is 0.401 e. The van der Waals surface area contributed by atoms with E-state index in [4.69, 9.17) is 9.97 Å². The lowest BCUT2D eigenvalue weighted by Gasteiger charge is -2.46. The number of aromatic nitrogens is 2. The summed E-state index contributed by atoms with van der Waals surface area (Å²) in [6.07, 6.45) is 1.24. The summed E-state index contributed by atoms with van der Waals surface area (Å²) in [4.78, 5) is 31.9. The Morgan fingerprint density at radius 1 is 1.16 bits per heavy atom. The lowest BCUT2D eigenvalue weighted by Crippen LogP contribution is -2.60. The standard InChI is InChI=1S/C32H38F4N8O/c1-3-29(45)44-14-13-41(17-24(44)10-11-37)30-26-9-8-23(43-12-4-5-21-6-7-22(33)15-28(21)43)16-27(26)38-31(39-30)42-18-25(19-42)40(2)20-32(34,35)36/h3,6-7,15,23-25H,1,4-5,8-10,12-14,16-20H2,2H3. The number of halogens is 4. The fourth-order valence-electron chi connectivity index (χ4n) is 7.23. The second-order valence-corrected chi connectivity index (χ2v) is 12.5. The minimum Gasteiger partial charge on any atom is -0.368 e. The molecule has 0 N–H and O–H groups in total. The van der Waals surface area contributed by atoms with E-state index in [0.29, 0.717) is 51.5 Å². The number of anilines is 3. The zero-order chi connectivity index (χ0) is 31.9.